The van der Waals surface area contributed by atoms with Crippen LogP contribution >= 0.6 is 11.6 Å². The smallest absolute Gasteiger partial charge is 0.267 e. The summed E-state index contributed by atoms with van der Waals surface area (Å²) in [5, 5.41) is 3.80. The van der Waals surface area contributed by atoms with Crippen LogP contribution in [-0.4, -0.2) is 53.7 Å². The van der Waals surface area contributed by atoms with E-state index in [0.717, 1.165) is 45.1 Å². The van der Waals surface area contributed by atoms with E-state index >= 15 is 0 Å². The number of likely N-dealkylation sites (tertiary alicyclic amines) is 1. The zero-order valence-electron chi connectivity index (χ0n) is 16.8. The highest BCUT2D eigenvalue weighted by atomic mass is 35.5. The van der Waals surface area contributed by atoms with Gasteiger partial charge in [0.25, 0.3) is 5.91 Å². The van der Waals surface area contributed by atoms with Crippen LogP contribution in [0.5, 0.6) is 0 Å². The lowest BCUT2D eigenvalue weighted by atomic mass is 10.2. The van der Waals surface area contributed by atoms with Crippen LogP contribution in [0.3, 0.4) is 0 Å². The third-order valence-electron chi connectivity index (χ3n) is 5.49. The van der Waals surface area contributed by atoms with Crippen LogP contribution in [0.2, 0.25) is 5.02 Å². The van der Waals surface area contributed by atoms with Crippen LogP contribution in [0, 0.1) is 5.92 Å². The Balaban J connectivity index is 1.25. The van der Waals surface area contributed by atoms with Crippen LogP contribution in [0.4, 0.5) is 5.82 Å². The number of nitrogens with zero attached hydrogens (tertiary/aromatic N) is 2. The number of carbonyl (C=O) groups is 2. The fourth-order valence-corrected chi connectivity index (χ4v) is 3.87. The van der Waals surface area contributed by atoms with E-state index in [0.29, 0.717) is 29.6 Å². The molecule has 1 unspecified atom stereocenters. The molecule has 2 aliphatic heterocycles. The van der Waals surface area contributed by atoms with E-state index in [9.17, 15) is 9.59 Å². The van der Waals surface area contributed by atoms with Crippen molar-refractivity contribution in [3.8, 4) is 0 Å². The number of hydroxylamine groups is 1. The molecule has 0 aromatic carbocycles. The number of hydrogen-bond donors (Lipinski definition) is 2. The molecule has 30 heavy (non-hydrogen) atoms. The predicted molar refractivity (Wildman–Crippen MR) is 112 cm³/mol. The van der Waals surface area contributed by atoms with Gasteiger partial charge in [-0.05, 0) is 49.8 Å². The maximum absolute atomic E-state index is 12.2. The summed E-state index contributed by atoms with van der Waals surface area (Å²) >= 11 is 6.36. The van der Waals surface area contributed by atoms with Crippen molar-refractivity contribution in [2.24, 2.45) is 5.92 Å². The maximum atomic E-state index is 12.2. The molecule has 2 atom stereocenters. The van der Waals surface area contributed by atoms with Gasteiger partial charge in [0.05, 0.1) is 5.02 Å². The maximum Gasteiger partial charge on any atom is 0.267 e. The Morgan fingerprint density at radius 1 is 1.27 bits per heavy atom. The monoisotopic (exact) mass is 434 g/mol. The summed E-state index contributed by atoms with van der Waals surface area (Å²) in [5.41, 5.74) is 3.07. The van der Waals surface area contributed by atoms with E-state index in [2.05, 4.69) is 15.8 Å². The summed E-state index contributed by atoms with van der Waals surface area (Å²) in [7, 11) is 0. The molecule has 3 aliphatic rings. The predicted octanol–water partition coefficient (Wildman–Crippen LogP) is 2.75. The van der Waals surface area contributed by atoms with Gasteiger partial charge in [-0.15, -0.1) is 0 Å². The number of carbonyl (C=O) groups excluding carboxylic acids is 2. The average Bonchev–Trinajstić information content (AvgIpc) is 3.51. The first kappa shape index (κ1) is 21.1. The minimum absolute atomic E-state index is 0.143. The number of anilines is 1. The quantitative estimate of drug-likeness (QED) is 0.506. The second kappa shape index (κ2) is 9.76. The highest BCUT2D eigenvalue weighted by Crippen LogP contribution is 2.32. The van der Waals surface area contributed by atoms with Crippen molar-refractivity contribution < 1.29 is 19.2 Å². The van der Waals surface area contributed by atoms with Crippen LogP contribution in [0.1, 0.15) is 44.1 Å². The van der Waals surface area contributed by atoms with E-state index in [1.165, 1.54) is 6.08 Å². The average molecular weight is 435 g/mol. The molecule has 2 amide bonds. The van der Waals surface area contributed by atoms with E-state index in [-0.39, 0.29) is 30.1 Å². The zero-order valence-corrected chi connectivity index (χ0v) is 17.6. The molecule has 9 heteroatoms. The number of nitrogens with one attached hydrogen (secondary N) is 2. The Bertz CT molecular complexity index is 808. The van der Waals surface area contributed by atoms with Gasteiger partial charge in [0.1, 0.15) is 5.82 Å². The molecule has 0 radical (unpaired) electrons. The van der Waals surface area contributed by atoms with Crippen LogP contribution in [0.15, 0.2) is 18.3 Å². The number of amides is 2. The first-order valence-electron chi connectivity index (χ1n) is 10.5. The Hall–Kier alpha value is -2.16. The van der Waals surface area contributed by atoms with Crippen molar-refractivity contribution in [3.05, 3.63) is 28.9 Å². The molecule has 0 bridgehead atoms. The Labute approximate surface area is 180 Å². The molecule has 3 fully saturated rings. The van der Waals surface area contributed by atoms with E-state index in [1.54, 1.807) is 18.3 Å². The Morgan fingerprint density at radius 2 is 2.13 bits per heavy atom. The van der Waals surface area contributed by atoms with Gasteiger partial charge in [0.2, 0.25) is 5.91 Å². The van der Waals surface area contributed by atoms with E-state index in [1.807, 2.05) is 4.90 Å². The molecule has 8 nitrogen and oxygen atoms in total. The van der Waals surface area contributed by atoms with Crippen LogP contribution in [-0.2, 0) is 19.2 Å². The SMILES string of the molecule is O=C(/C=C/c1cnc(N[C@@H]2CCN(C(=O)C3CC3)C2)c(Cl)c1)NOC1CCCCO1. The first-order chi connectivity index (χ1) is 14.6. The lowest BCUT2D eigenvalue weighted by Gasteiger charge is -2.21. The molecule has 4 rings (SSSR count). The molecule has 3 heterocycles. The van der Waals surface area contributed by atoms with Crippen molar-refractivity contribution in [2.45, 2.75) is 50.9 Å². The van der Waals surface area contributed by atoms with Crippen molar-refractivity contribution in [2.75, 3.05) is 25.0 Å². The summed E-state index contributed by atoms with van der Waals surface area (Å²) < 4.78 is 5.39. The number of pyridine rings is 1. The summed E-state index contributed by atoms with van der Waals surface area (Å²) in [5.74, 6) is 0.723. The highest BCUT2D eigenvalue weighted by molar-refractivity contribution is 6.33. The Kier molecular flexibility index (Phi) is 6.86. The van der Waals surface area contributed by atoms with Gasteiger partial charge in [-0.3, -0.25) is 9.59 Å². The van der Waals surface area contributed by atoms with E-state index < -0.39 is 0 Å². The number of aromatic nitrogens is 1. The third kappa shape index (κ3) is 5.71. The summed E-state index contributed by atoms with van der Waals surface area (Å²) in [6.45, 7) is 2.10. The molecule has 1 aromatic rings. The van der Waals surface area contributed by atoms with Crippen molar-refractivity contribution in [1.82, 2.24) is 15.4 Å². The van der Waals surface area contributed by atoms with Crippen molar-refractivity contribution in [1.29, 1.82) is 0 Å². The fraction of sp³-hybridized carbons (Fsp3) is 0.571. The zero-order chi connectivity index (χ0) is 20.9. The molecular formula is C21H27ClN4O4. The highest BCUT2D eigenvalue weighted by Gasteiger charge is 2.36. The summed E-state index contributed by atoms with van der Waals surface area (Å²) in [4.78, 5) is 35.6. The van der Waals surface area contributed by atoms with Gasteiger partial charge in [-0.1, -0.05) is 11.6 Å². The molecule has 2 saturated heterocycles. The van der Waals surface area contributed by atoms with Gasteiger partial charge < -0.3 is 15.0 Å². The molecule has 0 spiro atoms. The summed E-state index contributed by atoms with van der Waals surface area (Å²) in [6.07, 6.45) is 9.97. The molecule has 1 saturated carbocycles. The second-order valence-electron chi connectivity index (χ2n) is 8.00. The molecule has 1 aliphatic carbocycles. The van der Waals surface area contributed by atoms with Gasteiger partial charge in [-0.2, -0.15) is 0 Å². The van der Waals surface area contributed by atoms with Crippen molar-refractivity contribution >= 4 is 35.3 Å². The number of ether oxygens (including phenoxy) is 1. The van der Waals surface area contributed by atoms with Crippen LogP contribution in [0.25, 0.3) is 6.08 Å². The minimum atomic E-state index is -0.386. The normalized spacial score (nSPS) is 24.2. The standard InChI is InChI=1S/C21H27ClN4O4/c22-17-11-14(4-7-18(27)25-30-19-3-1-2-10-29-19)12-23-20(17)24-16-8-9-26(13-16)21(28)15-5-6-15/h4,7,11-12,15-16,19H,1-3,5-6,8-10,13H2,(H,23,24)(H,25,27)/b7-4+/t16-,19?/m1/s1. The third-order valence-corrected chi connectivity index (χ3v) is 5.77. The van der Waals surface area contributed by atoms with Gasteiger partial charge in [0, 0.05) is 50.3 Å². The topological polar surface area (TPSA) is 92.8 Å². The minimum Gasteiger partial charge on any atom is -0.364 e. The molecule has 2 N–H and O–H groups in total. The molecular weight excluding hydrogens is 408 g/mol. The van der Waals surface area contributed by atoms with E-state index in [4.69, 9.17) is 21.2 Å². The largest absolute Gasteiger partial charge is 0.364 e. The van der Waals surface area contributed by atoms with Gasteiger partial charge in [0.15, 0.2) is 6.29 Å². The molecule has 162 valence electrons. The lowest BCUT2D eigenvalue weighted by molar-refractivity contribution is -0.198. The number of hydrogen-bond acceptors (Lipinski definition) is 6. The number of rotatable bonds is 7. The number of halogens is 1. The Morgan fingerprint density at radius 3 is 2.87 bits per heavy atom. The van der Waals surface area contributed by atoms with Gasteiger partial charge in [-0.25, -0.2) is 15.3 Å². The fourth-order valence-electron chi connectivity index (χ4n) is 3.64. The second-order valence-corrected chi connectivity index (χ2v) is 8.41. The van der Waals surface area contributed by atoms with Crippen molar-refractivity contribution in [3.63, 3.8) is 0 Å². The molecule has 1 aromatic heterocycles. The lowest BCUT2D eigenvalue weighted by Crippen LogP contribution is -2.32. The first-order valence-corrected chi connectivity index (χ1v) is 10.9. The van der Waals surface area contributed by atoms with Crippen LogP contribution < -0.4 is 10.8 Å². The van der Waals surface area contributed by atoms with Gasteiger partial charge >= 0.3 is 0 Å². The summed E-state index contributed by atoms with van der Waals surface area (Å²) in [6, 6.07) is 1.89.